The van der Waals surface area contributed by atoms with Gasteiger partial charge in [-0.1, -0.05) is 29.3 Å². The second-order valence-electron chi connectivity index (χ2n) is 6.71. The number of amides is 3. The third-order valence-corrected chi connectivity index (χ3v) is 5.14. The molecule has 11 heteroatoms. The second-order valence-corrected chi connectivity index (χ2v) is 7.52. The highest BCUT2D eigenvalue weighted by Gasteiger charge is 2.35. The lowest BCUT2D eigenvalue weighted by molar-refractivity contribution is -0.137. The lowest BCUT2D eigenvalue weighted by Gasteiger charge is -2.19. The van der Waals surface area contributed by atoms with Crippen molar-refractivity contribution < 1.29 is 29.4 Å². The Labute approximate surface area is 182 Å². The van der Waals surface area contributed by atoms with Gasteiger partial charge >= 0.3 is 5.97 Å². The van der Waals surface area contributed by atoms with Gasteiger partial charge in [0.15, 0.2) is 5.76 Å². The molecule has 1 aliphatic heterocycles. The number of aliphatic hydroxyl groups excluding tert-OH is 1. The number of nitrogens with one attached hydrogen (secondary N) is 1. The van der Waals surface area contributed by atoms with Crippen LogP contribution in [0, 0.1) is 0 Å². The molecule has 3 N–H and O–H groups in total. The Balaban J connectivity index is 1.91. The Morgan fingerprint density at radius 2 is 1.90 bits per heavy atom. The maximum absolute atomic E-state index is 12.7. The first kappa shape index (κ1) is 23.5. The van der Waals surface area contributed by atoms with E-state index < -0.39 is 29.5 Å². The Morgan fingerprint density at radius 3 is 2.53 bits per heavy atom. The number of carboxylic acid groups (broad SMARTS) is 1. The zero-order valence-electron chi connectivity index (χ0n) is 16.2. The molecule has 0 unspecified atom stereocenters. The van der Waals surface area contributed by atoms with Crippen molar-refractivity contribution in [2.75, 3.05) is 26.7 Å². The standard InChI is InChI=1S/C19H21Cl2N3O6/c1-23(9-11-2-3-13(20)14(21)8-11)18(29)12-10-24(19(30)17(12)28)7-5-15(25)22-6-4-16(26)27/h2-3,8,28H,4-7,9-10H2,1H3,(H,22,25)(H,26,27). The normalized spacial score (nSPS) is 13.6. The number of carboxylic acids is 1. The largest absolute Gasteiger partial charge is 0.503 e. The molecule has 2 rings (SSSR count). The number of rotatable bonds is 9. The average molecular weight is 458 g/mol. The molecule has 0 atom stereocenters. The van der Waals surface area contributed by atoms with Crippen LogP contribution in [0.2, 0.25) is 10.0 Å². The summed E-state index contributed by atoms with van der Waals surface area (Å²) in [7, 11) is 1.52. The number of halogens is 2. The highest BCUT2D eigenvalue weighted by molar-refractivity contribution is 6.42. The molecule has 1 aliphatic rings. The Morgan fingerprint density at radius 1 is 1.20 bits per heavy atom. The number of aliphatic hydroxyl groups is 1. The molecule has 3 amide bonds. The van der Waals surface area contributed by atoms with Gasteiger partial charge in [-0.3, -0.25) is 19.2 Å². The first-order chi connectivity index (χ1) is 14.1. The van der Waals surface area contributed by atoms with Crippen molar-refractivity contribution in [1.82, 2.24) is 15.1 Å². The molecule has 0 saturated heterocycles. The molecule has 0 bridgehead atoms. The van der Waals surface area contributed by atoms with Crippen LogP contribution in [0.15, 0.2) is 29.5 Å². The first-order valence-electron chi connectivity index (χ1n) is 8.99. The van der Waals surface area contributed by atoms with E-state index in [0.29, 0.717) is 10.0 Å². The van der Waals surface area contributed by atoms with Gasteiger partial charge in [0.25, 0.3) is 11.8 Å². The molecule has 30 heavy (non-hydrogen) atoms. The Bertz CT molecular complexity index is 902. The molecule has 1 aromatic rings. The van der Waals surface area contributed by atoms with Crippen LogP contribution in [-0.2, 0) is 25.7 Å². The summed E-state index contributed by atoms with van der Waals surface area (Å²) in [6, 6.07) is 4.94. The highest BCUT2D eigenvalue weighted by atomic mass is 35.5. The predicted octanol–water partition coefficient (Wildman–Crippen LogP) is 1.59. The van der Waals surface area contributed by atoms with Crippen LogP contribution in [0.25, 0.3) is 0 Å². The lowest BCUT2D eigenvalue weighted by atomic mass is 10.2. The molecular weight excluding hydrogens is 437 g/mol. The molecule has 9 nitrogen and oxygen atoms in total. The minimum Gasteiger partial charge on any atom is -0.503 e. The minimum absolute atomic E-state index is 0.0188. The molecule has 1 aromatic carbocycles. The Hall–Kier alpha value is -2.78. The van der Waals surface area contributed by atoms with E-state index in [1.165, 1.54) is 16.8 Å². The molecule has 0 saturated carbocycles. The summed E-state index contributed by atoms with van der Waals surface area (Å²) in [4.78, 5) is 49.6. The molecule has 0 aromatic heterocycles. The van der Waals surface area contributed by atoms with Crippen molar-refractivity contribution in [2.24, 2.45) is 0 Å². The van der Waals surface area contributed by atoms with Gasteiger partial charge in [0.2, 0.25) is 5.91 Å². The fourth-order valence-electron chi connectivity index (χ4n) is 2.81. The molecule has 1 heterocycles. The number of hydrogen-bond donors (Lipinski definition) is 3. The van der Waals surface area contributed by atoms with Crippen LogP contribution in [0.5, 0.6) is 0 Å². The van der Waals surface area contributed by atoms with Crippen LogP contribution in [0.1, 0.15) is 18.4 Å². The number of likely N-dealkylation sites (N-methyl/N-ethyl adjacent to an activating group) is 1. The zero-order valence-corrected chi connectivity index (χ0v) is 17.7. The highest BCUT2D eigenvalue weighted by Crippen LogP contribution is 2.24. The van der Waals surface area contributed by atoms with Gasteiger partial charge in [-0.15, -0.1) is 0 Å². The van der Waals surface area contributed by atoms with Crippen molar-refractivity contribution in [3.8, 4) is 0 Å². The van der Waals surface area contributed by atoms with E-state index >= 15 is 0 Å². The number of carbonyl (C=O) groups is 4. The van der Waals surface area contributed by atoms with Crippen molar-refractivity contribution in [3.63, 3.8) is 0 Å². The van der Waals surface area contributed by atoms with Gasteiger partial charge < -0.3 is 25.3 Å². The van der Waals surface area contributed by atoms with E-state index in [0.717, 1.165) is 5.56 Å². The van der Waals surface area contributed by atoms with Crippen LogP contribution in [0.3, 0.4) is 0 Å². The average Bonchev–Trinajstić information content (AvgIpc) is 2.96. The third-order valence-electron chi connectivity index (χ3n) is 4.40. The Kier molecular flexibility index (Phi) is 8.08. The van der Waals surface area contributed by atoms with Crippen molar-refractivity contribution in [2.45, 2.75) is 19.4 Å². The number of aliphatic carboxylic acids is 1. The zero-order chi connectivity index (χ0) is 22.4. The molecule has 0 aliphatic carbocycles. The maximum atomic E-state index is 12.7. The van der Waals surface area contributed by atoms with Gasteiger partial charge in [-0.25, -0.2) is 0 Å². The topological polar surface area (TPSA) is 127 Å². The maximum Gasteiger partial charge on any atom is 0.305 e. The van der Waals surface area contributed by atoms with Crippen LogP contribution in [0.4, 0.5) is 0 Å². The second kappa shape index (κ2) is 10.3. The van der Waals surface area contributed by atoms with Crippen LogP contribution in [-0.4, -0.2) is 70.4 Å². The summed E-state index contributed by atoms with van der Waals surface area (Å²) < 4.78 is 0. The van der Waals surface area contributed by atoms with Crippen LogP contribution >= 0.6 is 23.2 Å². The van der Waals surface area contributed by atoms with Crippen LogP contribution < -0.4 is 5.32 Å². The van der Waals surface area contributed by atoms with E-state index in [9.17, 15) is 24.3 Å². The molecule has 0 radical (unpaired) electrons. The number of hydrogen-bond acceptors (Lipinski definition) is 5. The molecule has 162 valence electrons. The van der Waals surface area contributed by atoms with Gasteiger partial charge in [0.1, 0.15) is 0 Å². The molecule has 0 spiro atoms. The summed E-state index contributed by atoms with van der Waals surface area (Å²) in [5.74, 6) is -3.38. The predicted molar refractivity (Wildman–Crippen MR) is 109 cm³/mol. The van der Waals surface area contributed by atoms with E-state index in [4.69, 9.17) is 28.3 Å². The van der Waals surface area contributed by atoms with Crippen molar-refractivity contribution >= 4 is 46.9 Å². The fourth-order valence-corrected chi connectivity index (χ4v) is 3.13. The smallest absolute Gasteiger partial charge is 0.305 e. The quantitative estimate of drug-likeness (QED) is 0.516. The fraction of sp³-hybridized carbons (Fsp3) is 0.368. The first-order valence-corrected chi connectivity index (χ1v) is 9.75. The SMILES string of the molecule is CN(Cc1ccc(Cl)c(Cl)c1)C(=O)C1=C(O)C(=O)N(CCC(=O)NCCC(=O)O)C1. The summed E-state index contributed by atoms with van der Waals surface area (Å²) >= 11 is 11.9. The summed E-state index contributed by atoms with van der Waals surface area (Å²) in [5, 5.41) is 21.8. The van der Waals surface area contributed by atoms with Crippen molar-refractivity contribution in [3.05, 3.63) is 45.1 Å². The van der Waals surface area contributed by atoms with Gasteiger partial charge in [0.05, 0.1) is 28.6 Å². The van der Waals surface area contributed by atoms with Gasteiger partial charge in [-0.05, 0) is 17.7 Å². The summed E-state index contributed by atoms with van der Waals surface area (Å²) in [6.07, 6.45) is -0.292. The monoisotopic (exact) mass is 457 g/mol. The summed E-state index contributed by atoms with van der Waals surface area (Å²) in [5.41, 5.74) is 0.661. The minimum atomic E-state index is -1.03. The van der Waals surface area contributed by atoms with E-state index in [-0.39, 0.29) is 44.6 Å². The van der Waals surface area contributed by atoms with E-state index in [2.05, 4.69) is 5.32 Å². The van der Waals surface area contributed by atoms with E-state index in [1.807, 2.05) is 0 Å². The third kappa shape index (κ3) is 6.11. The van der Waals surface area contributed by atoms with E-state index in [1.54, 1.807) is 18.2 Å². The lowest BCUT2D eigenvalue weighted by Crippen LogP contribution is -2.34. The summed E-state index contributed by atoms with van der Waals surface area (Å²) in [6.45, 7) is 0.0221. The van der Waals surface area contributed by atoms with Crippen molar-refractivity contribution in [1.29, 1.82) is 0 Å². The van der Waals surface area contributed by atoms with Gasteiger partial charge in [-0.2, -0.15) is 0 Å². The number of carbonyl (C=O) groups excluding carboxylic acids is 3. The number of benzene rings is 1. The van der Waals surface area contributed by atoms with Gasteiger partial charge in [0, 0.05) is 33.1 Å². The molecular formula is C19H21Cl2N3O6. The molecule has 0 fully saturated rings. The number of nitrogens with zero attached hydrogens (tertiary/aromatic N) is 2.